The van der Waals surface area contributed by atoms with E-state index in [9.17, 15) is 5.11 Å². The van der Waals surface area contributed by atoms with Crippen LogP contribution in [0.25, 0.3) is 10.8 Å². The van der Waals surface area contributed by atoms with Gasteiger partial charge in [0.2, 0.25) is 0 Å². The molecule has 2 heteroatoms. The standard InChI is InChI=1S/C16H20O2/c1-3-7-16(17)18-12(2)14-11-6-9-13-8-4-5-10-15(13)14/h4-6,8-12,16-17H,3,7H2,1-2H3. The van der Waals surface area contributed by atoms with Crippen molar-refractivity contribution in [1.29, 1.82) is 0 Å². The molecule has 0 fully saturated rings. The van der Waals surface area contributed by atoms with Gasteiger partial charge in [-0.2, -0.15) is 0 Å². The maximum atomic E-state index is 9.73. The molecule has 0 saturated carbocycles. The normalized spacial score (nSPS) is 14.6. The second-order valence-electron chi connectivity index (χ2n) is 4.59. The summed E-state index contributed by atoms with van der Waals surface area (Å²) in [6.45, 7) is 4.02. The largest absolute Gasteiger partial charge is 0.368 e. The first-order chi connectivity index (χ1) is 8.72. The summed E-state index contributed by atoms with van der Waals surface area (Å²) in [5.41, 5.74) is 1.13. The van der Waals surface area contributed by atoms with E-state index in [0.29, 0.717) is 6.42 Å². The average Bonchev–Trinajstić information content (AvgIpc) is 2.38. The van der Waals surface area contributed by atoms with Gasteiger partial charge in [0.15, 0.2) is 6.29 Å². The molecule has 96 valence electrons. The molecule has 2 nitrogen and oxygen atoms in total. The van der Waals surface area contributed by atoms with Crippen LogP contribution in [0.1, 0.15) is 38.4 Å². The van der Waals surface area contributed by atoms with Crippen LogP contribution in [-0.2, 0) is 4.74 Å². The van der Waals surface area contributed by atoms with Crippen LogP contribution in [0.4, 0.5) is 0 Å². The zero-order chi connectivity index (χ0) is 13.0. The molecular formula is C16H20O2. The van der Waals surface area contributed by atoms with Crippen LogP contribution >= 0.6 is 0 Å². The van der Waals surface area contributed by atoms with Gasteiger partial charge in [0.25, 0.3) is 0 Å². The molecule has 0 heterocycles. The Bertz CT molecular complexity index is 502. The third-order valence-corrected chi connectivity index (χ3v) is 3.16. The molecule has 0 aliphatic rings. The lowest BCUT2D eigenvalue weighted by atomic mass is 10.0. The minimum absolute atomic E-state index is 0.0994. The lowest BCUT2D eigenvalue weighted by Gasteiger charge is -2.19. The topological polar surface area (TPSA) is 29.5 Å². The fourth-order valence-corrected chi connectivity index (χ4v) is 2.23. The van der Waals surface area contributed by atoms with E-state index in [-0.39, 0.29) is 6.10 Å². The summed E-state index contributed by atoms with van der Waals surface area (Å²) >= 11 is 0. The molecule has 2 aromatic carbocycles. The molecule has 18 heavy (non-hydrogen) atoms. The highest BCUT2D eigenvalue weighted by Crippen LogP contribution is 2.27. The van der Waals surface area contributed by atoms with Crippen molar-refractivity contribution in [3.05, 3.63) is 48.0 Å². The number of ether oxygens (including phenoxy) is 1. The van der Waals surface area contributed by atoms with E-state index in [1.807, 2.05) is 32.0 Å². The Hall–Kier alpha value is -1.38. The molecule has 0 amide bonds. The second kappa shape index (κ2) is 5.98. The summed E-state index contributed by atoms with van der Waals surface area (Å²) in [5.74, 6) is 0. The molecule has 2 atom stereocenters. The fraction of sp³-hybridized carbons (Fsp3) is 0.375. The third-order valence-electron chi connectivity index (χ3n) is 3.16. The van der Waals surface area contributed by atoms with Gasteiger partial charge in [0, 0.05) is 0 Å². The Labute approximate surface area is 108 Å². The van der Waals surface area contributed by atoms with Crippen molar-refractivity contribution in [1.82, 2.24) is 0 Å². The molecule has 2 unspecified atom stereocenters. The van der Waals surface area contributed by atoms with E-state index < -0.39 is 6.29 Å². The van der Waals surface area contributed by atoms with Crippen molar-refractivity contribution in [3.63, 3.8) is 0 Å². The van der Waals surface area contributed by atoms with E-state index in [1.165, 1.54) is 10.8 Å². The van der Waals surface area contributed by atoms with Gasteiger partial charge in [0.1, 0.15) is 0 Å². The Morgan fingerprint density at radius 1 is 1.11 bits per heavy atom. The lowest BCUT2D eigenvalue weighted by molar-refractivity contribution is -0.135. The molecule has 2 aromatic rings. The first-order valence-corrected chi connectivity index (χ1v) is 6.53. The predicted molar refractivity (Wildman–Crippen MR) is 74.4 cm³/mol. The number of aliphatic hydroxyl groups is 1. The summed E-state index contributed by atoms with van der Waals surface area (Å²) in [5, 5.41) is 12.1. The molecule has 0 aromatic heterocycles. The van der Waals surface area contributed by atoms with Crippen molar-refractivity contribution in [2.24, 2.45) is 0 Å². The Morgan fingerprint density at radius 2 is 1.83 bits per heavy atom. The summed E-state index contributed by atoms with van der Waals surface area (Å²) in [6.07, 6.45) is 0.819. The monoisotopic (exact) mass is 244 g/mol. The van der Waals surface area contributed by atoms with Crippen LogP contribution in [0.3, 0.4) is 0 Å². The summed E-state index contributed by atoms with van der Waals surface area (Å²) in [6, 6.07) is 14.4. The van der Waals surface area contributed by atoms with Crippen molar-refractivity contribution >= 4 is 10.8 Å². The average molecular weight is 244 g/mol. The summed E-state index contributed by atoms with van der Waals surface area (Å²) < 4.78 is 5.64. The SMILES string of the molecule is CCCC(O)OC(C)c1cccc2ccccc12. The minimum Gasteiger partial charge on any atom is -0.368 e. The van der Waals surface area contributed by atoms with E-state index in [2.05, 4.69) is 24.3 Å². The van der Waals surface area contributed by atoms with Gasteiger partial charge in [-0.05, 0) is 29.7 Å². The summed E-state index contributed by atoms with van der Waals surface area (Å²) in [4.78, 5) is 0. The fourth-order valence-electron chi connectivity index (χ4n) is 2.23. The van der Waals surface area contributed by atoms with Crippen molar-refractivity contribution in [3.8, 4) is 0 Å². The van der Waals surface area contributed by atoms with E-state index in [1.54, 1.807) is 0 Å². The molecule has 0 aliphatic carbocycles. The van der Waals surface area contributed by atoms with Gasteiger partial charge in [-0.3, -0.25) is 0 Å². The number of aliphatic hydroxyl groups excluding tert-OH is 1. The number of fused-ring (bicyclic) bond motifs is 1. The van der Waals surface area contributed by atoms with Crippen molar-refractivity contribution in [2.45, 2.75) is 39.1 Å². The number of rotatable bonds is 5. The lowest BCUT2D eigenvalue weighted by Crippen LogP contribution is -2.14. The smallest absolute Gasteiger partial charge is 0.155 e. The van der Waals surface area contributed by atoms with Gasteiger partial charge < -0.3 is 9.84 Å². The van der Waals surface area contributed by atoms with Crippen LogP contribution < -0.4 is 0 Å². The quantitative estimate of drug-likeness (QED) is 0.804. The number of benzene rings is 2. The van der Waals surface area contributed by atoms with Crippen LogP contribution in [0.2, 0.25) is 0 Å². The highest BCUT2D eigenvalue weighted by Gasteiger charge is 2.13. The second-order valence-corrected chi connectivity index (χ2v) is 4.59. The van der Waals surface area contributed by atoms with Crippen LogP contribution in [0, 0.1) is 0 Å². The Morgan fingerprint density at radius 3 is 2.61 bits per heavy atom. The zero-order valence-electron chi connectivity index (χ0n) is 11.0. The van der Waals surface area contributed by atoms with E-state index in [4.69, 9.17) is 4.74 Å². The molecular weight excluding hydrogens is 224 g/mol. The van der Waals surface area contributed by atoms with Crippen LogP contribution in [0.15, 0.2) is 42.5 Å². The molecule has 0 saturated heterocycles. The molecule has 0 radical (unpaired) electrons. The predicted octanol–water partition coefficient (Wildman–Crippen LogP) is 4.04. The maximum absolute atomic E-state index is 9.73. The zero-order valence-corrected chi connectivity index (χ0v) is 11.0. The molecule has 0 spiro atoms. The number of hydrogen-bond donors (Lipinski definition) is 1. The Kier molecular flexibility index (Phi) is 4.34. The molecule has 0 aliphatic heterocycles. The van der Waals surface area contributed by atoms with Gasteiger partial charge in [-0.1, -0.05) is 55.8 Å². The maximum Gasteiger partial charge on any atom is 0.155 e. The van der Waals surface area contributed by atoms with Crippen LogP contribution in [-0.4, -0.2) is 11.4 Å². The number of hydrogen-bond acceptors (Lipinski definition) is 2. The highest BCUT2D eigenvalue weighted by atomic mass is 16.6. The van der Waals surface area contributed by atoms with Crippen molar-refractivity contribution in [2.75, 3.05) is 0 Å². The van der Waals surface area contributed by atoms with Gasteiger partial charge >= 0.3 is 0 Å². The van der Waals surface area contributed by atoms with Gasteiger partial charge in [-0.25, -0.2) is 0 Å². The molecule has 2 rings (SSSR count). The van der Waals surface area contributed by atoms with E-state index >= 15 is 0 Å². The van der Waals surface area contributed by atoms with E-state index in [0.717, 1.165) is 12.0 Å². The molecule has 1 N–H and O–H groups in total. The third kappa shape index (κ3) is 2.89. The first kappa shape index (κ1) is 13.1. The highest BCUT2D eigenvalue weighted by molar-refractivity contribution is 5.85. The van der Waals surface area contributed by atoms with Gasteiger partial charge in [0.05, 0.1) is 6.10 Å². The molecule has 0 bridgehead atoms. The first-order valence-electron chi connectivity index (χ1n) is 6.53. The van der Waals surface area contributed by atoms with Crippen molar-refractivity contribution < 1.29 is 9.84 Å². The summed E-state index contributed by atoms with van der Waals surface area (Å²) in [7, 11) is 0. The van der Waals surface area contributed by atoms with Gasteiger partial charge in [-0.15, -0.1) is 0 Å². The minimum atomic E-state index is -0.677. The Balaban J connectivity index is 2.24. The van der Waals surface area contributed by atoms with Crippen LogP contribution in [0.5, 0.6) is 0 Å².